The summed E-state index contributed by atoms with van der Waals surface area (Å²) in [6.07, 6.45) is -4.54. The Morgan fingerprint density at radius 1 is 1.14 bits per heavy atom. The number of hydrogen-bond acceptors (Lipinski definition) is 3. The Labute approximate surface area is 120 Å². The van der Waals surface area contributed by atoms with Gasteiger partial charge in [0.25, 0.3) is 0 Å². The van der Waals surface area contributed by atoms with Crippen molar-refractivity contribution in [3.05, 3.63) is 53.7 Å². The Morgan fingerprint density at radius 2 is 1.81 bits per heavy atom. The lowest BCUT2D eigenvalue weighted by molar-refractivity contribution is -0.141. The van der Waals surface area contributed by atoms with Crippen molar-refractivity contribution in [3.63, 3.8) is 0 Å². The molecule has 0 atom stereocenters. The normalized spacial score (nSPS) is 11.0. The van der Waals surface area contributed by atoms with E-state index in [0.29, 0.717) is 12.2 Å². The summed E-state index contributed by atoms with van der Waals surface area (Å²) >= 11 is 0. The Morgan fingerprint density at radius 3 is 2.33 bits per heavy atom. The molecule has 0 bridgehead atoms. The van der Waals surface area contributed by atoms with Gasteiger partial charge in [0.1, 0.15) is 11.8 Å². The SMILES string of the molecule is CCN(c1ccccc1)c1nc(C(F)(F)F)ccc1C#N. The van der Waals surface area contributed by atoms with E-state index in [-0.39, 0.29) is 11.4 Å². The maximum absolute atomic E-state index is 12.8. The summed E-state index contributed by atoms with van der Waals surface area (Å²) in [6, 6.07) is 12.7. The van der Waals surface area contributed by atoms with Gasteiger partial charge in [0, 0.05) is 12.2 Å². The van der Waals surface area contributed by atoms with Crippen molar-refractivity contribution >= 4 is 11.5 Å². The first-order chi connectivity index (χ1) is 9.97. The maximum atomic E-state index is 12.8. The van der Waals surface area contributed by atoms with Crippen LogP contribution in [0.5, 0.6) is 0 Å². The van der Waals surface area contributed by atoms with Crippen molar-refractivity contribution in [1.29, 1.82) is 5.26 Å². The lowest BCUT2D eigenvalue weighted by Gasteiger charge is -2.23. The second-order valence-corrected chi connectivity index (χ2v) is 4.26. The molecule has 0 fully saturated rings. The number of aromatic nitrogens is 1. The molecule has 0 spiro atoms. The molecule has 2 aromatic rings. The van der Waals surface area contributed by atoms with Gasteiger partial charge in [-0.2, -0.15) is 18.4 Å². The highest BCUT2D eigenvalue weighted by Gasteiger charge is 2.33. The van der Waals surface area contributed by atoms with E-state index < -0.39 is 11.9 Å². The first-order valence-electron chi connectivity index (χ1n) is 6.28. The van der Waals surface area contributed by atoms with Gasteiger partial charge in [0.15, 0.2) is 5.82 Å². The second-order valence-electron chi connectivity index (χ2n) is 4.26. The minimum absolute atomic E-state index is 0.0148. The first-order valence-corrected chi connectivity index (χ1v) is 6.28. The van der Waals surface area contributed by atoms with Crippen molar-refractivity contribution in [3.8, 4) is 6.07 Å². The fourth-order valence-corrected chi connectivity index (χ4v) is 1.96. The fourth-order valence-electron chi connectivity index (χ4n) is 1.96. The lowest BCUT2D eigenvalue weighted by atomic mass is 10.2. The first kappa shape index (κ1) is 14.9. The Hall–Kier alpha value is -2.55. The number of para-hydroxylation sites is 1. The molecule has 108 valence electrons. The Kier molecular flexibility index (Phi) is 4.13. The molecule has 0 N–H and O–H groups in total. The highest BCUT2D eigenvalue weighted by molar-refractivity contribution is 5.65. The van der Waals surface area contributed by atoms with Gasteiger partial charge in [-0.05, 0) is 31.2 Å². The van der Waals surface area contributed by atoms with Gasteiger partial charge in [0.2, 0.25) is 0 Å². The zero-order chi connectivity index (χ0) is 15.5. The molecule has 6 heteroatoms. The van der Waals surface area contributed by atoms with Gasteiger partial charge in [0.05, 0.1) is 5.56 Å². The largest absolute Gasteiger partial charge is 0.433 e. The summed E-state index contributed by atoms with van der Waals surface area (Å²) < 4.78 is 38.4. The molecule has 0 aliphatic rings. The monoisotopic (exact) mass is 291 g/mol. The predicted octanol–water partition coefficient (Wildman–Crippen LogP) is 4.13. The van der Waals surface area contributed by atoms with Crippen LogP contribution in [0.4, 0.5) is 24.7 Å². The number of pyridine rings is 1. The zero-order valence-corrected chi connectivity index (χ0v) is 11.2. The van der Waals surface area contributed by atoms with E-state index in [0.717, 1.165) is 12.1 Å². The second kappa shape index (κ2) is 5.83. The van der Waals surface area contributed by atoms with Crippen LogP contribution < -0.4 is 4.90 Å². The van der Waals surface area contributed by atoms with Crippen LogP contribution in [0.2, 0.25) is 0 Å². The molecule has 1 aromatic heterocycles. The molecule has 0 aliphatic heterocycles. The van der Waals surface area contributed by atoms with E-state index >= 15 is 0 Å². The van der Waals surface area contributed by atoms with Crippen LogP contribution in [0.3, 0.4) is 0 Å². The van der Waals surface area contributed by atoms with Crippen LogP contribution >= 0.6 is 0 Å². The number of hydrogen-bond donors (Lipinski definition) is 0. The standard InChI is InChI=1S/C15H12F3N3/c1-2-21(12-6-4-3-5-7-12)14-11(10-19)8-9-13(20-14)15(16,17)18/h3-9H,2H2,1H3. The topological polar surface area (TPSA) is 39.9 Å². The summed E-state index contributed by atoms with van der Waals surface area (Å²) in [4.78, 5) is 5.22. The molecule has 0 aliphatic carbocycles. The summed E-state index contributed by atoms with van der Waals surface area (Å²) in [5, 5.41) is 9.11. The predicted molar refractivity (Wildman–Crippen MR) is 73.1 cm³/mol. The number of nitrogens with zero attached hydrogens (tertiary/aromatic N) is 3. The minimum atomic E-state index is -4.54. The number of benzene rings is 1. The van der Waals surface area contributed by atoms with E-state index in [2.05, 4.69) is 4.98 Å². The Balaban J connectivity index is 2.57. The average molecular weight is 291 g/mol. The van der Waals surface area contributed by atoms with Crippen LogP contribution in [0, 0.1) is 11.3 Å². The molecule has 2 rings (SSSR count). The summed E-state index contributed by atoms with van der Waals surface area (Å²) in [6.45, 7) is 2.18. The highest BCUT2D eigenvalue weighted by Crippen LogP contribution is 2.32. The summed E-state index contributed by atoms with van der Waals surface area (Å²) in [5.74, 6) is 0.0148. The third kappa shape index (κ3) is 3.14. The molecule has 0 amide bonds. The van der Waals surface area contributed by atoms with Crippen molar-refractivity contribution in [2.24, 2.45) is 0 Å². The molecule has 3 nitrogen and oxygen atoms in total. The molecule has 0 unspecified atom stereocenters. The molecule has 1 aromatic carbocycles. The highest BCUT2D eigenvalue weighted by atomic mass is 19.4. The maximum Gasteiger partial charge on any atom is 0.433 e. The van der Waals surface area contributed by atoms with Crippen molar-refractivity contribution in [2.45, 2.75) is 13.1 Å². The number of rotatable bonds is 3. The smallest absolute Gasteiger partial charge is 0.326 e. The molecule has 0 saturated heterocycles. The van der Waals surface area contributed by atoms with Crippen LogP contribution in [-0.4, -0.2) is 11.5 Å². The van der Waals surface area contributed by atoms with E-state index in [9.17, 15) is 13.2 Å². The minimum Gasteiger partial charge on any atom is -0.326 e. The van der Waals surface area contributed by atoms with E-state index in [1.54, 1.807) is 36.1 Å². The number of alkyl halides is 3. The molecule has 1 heterocycles. The Bertz CT molecular complexity index is 660. The quantitative estimate of drug-likeness (QED) is 0.853. The summed E-state index contributed by atoms with van der Waals surface area (Å²) in [7, 11) is 0. The lowest BCUT2D eigenvalue weighted by Crippen LogP contribution is -2.20. The molecular formula is C15H12F3N3. The van der Waals surface area contributed by atoms with Crippen LogP contribution in [-0.2, 0) is 6.18 Å². The van der Waals surface area contributed by atoms with Gasteiger partial charge in [-0.25, -0.2) is 4.98 Å². The van der Waals surface area contributed by atoms with E-state index in [1.807, 2.05) is 12.1 Å². The van der Waals surface area contributed by atoms with Gasteiger partial charge in [-0.15, -0.1) is 0 Å². The van der Waals surface area contributed by atoms with E-state index in [1.165, 1.54) is 0 Å². The van der Waals surface area contributed by atoms with Gasteiger partial charge in [-0.3, -0.25) is 0 Å². The van der Waals surface area contributed by atoms with Crippen molar-refractivity contribution in [1.82, 2.24) is 4.98 Å². The third-order valence-corrected chi connectivity index (χ3v) is 2.93. The van der Waals surface area contributed by atoms with Crippen LogP contribution in [0.25, 0.3) is 0 Å². The molecule has 21 heavy (non-hydrogen) atoms. The number of nitriles is 1. The van der Waals surface area contributed by atoms with E-state index in [4.69, 9.17) is 5.26 Å². The van der Waals surface area contributed by atoms with Crippen LogP contribution in [0.15, 0.2) is 42.5 Å². The van der Waals surface area contributed by atoms with Gasteiger partial charge >= 0.3 is 6.18 Å². The van der Waals surface area contributed by atoms with Crippen molar-refractivity contribution < 1.29 is 13.2 Å². The fraction of sp³-hybridized carbons (Fsp3) is 0.200. The average Bonchev–Trinajstić information content (AvgIpc) is 2.48. The third-order valence-electron chi connectivity index (χ3n) is 2.93. The molecule has 0 saturated carbocycles. The van der Waals surface area contributed by atoms with Gasteiger partial charge in [-0.1, -0.05) is 18.2 Å². The molecular weight excluding hydrogens is 279 g/mol. The number of anilines is 2. The zero-order valence-electron chi connectivity index (χ0n) is 11.2. The van der Waals surface area contributed by atoms with Crippen molar-refractivity contribution in [2.75, 3.05) is 11.4 Å². The van der Waals surface area contributed by atoms with Crippen LogP contribution in [0.1, 0.15) is 18.2 Å². The van der Waals surface area contributed by atoms with Gasteiger partial charge < -0.3 is 4.90 Å². The molecule has 0 radical (unpaired) electrons. The summed E-state index contributed by atoms with van der Waals surface area (Å²) in [5.41, 5.74) is -0.220. The number of halogens is 3.